The van der Waals surface area contributed by atoms with E-state index in [1.807, 2.05) is 24.3 Å². The van der Waals surface area contributed by atoms with Crippen molar-refractivity contribution in [3.8, 4) is 5.75 Å². The van der Waals surface area contributed by atoms with Crippen LogP contribution in [0.1, 0.15) is 29.5 Å². The second-order valence-corrected chi connectivity index (χ2v) is 9.97. The first kappa shape index (κ1) is 26.4. The summed E-state index contributed by atoms with van der Waals surface area (Å²) < 4.78 is 19.9. The van der Waals surface area contributed by atoms with Crippen molar-refractivity contribution < 1.29 is 13.9 Å². The summed E-state index contributed by atoms with van der Waals surface area (Å²) in [6.07, 6.45) is 3.16. The van der Waals surface area contributed by atoms with E-state index in [4.69, 9.17) is 16.3 Å². The third kappa shape index (κ3) is 7.19. The van der Waals surface area contributed by atoms with Gasteiger partial charge in [-0.2, -0.15) is 0 Å². The minimum Gasteiger partial charge on any atom is -0.492 e. The summed E-state index contributed by atoms with van der Waals surface area (Å²) in [6.45, 7) is 2.44. The number of amides is 1. The number of rotatable bonds is 10. The number of carbonyl (C=O) groups is 1. The van der Waals surface area contributed by atoms with Gasteiger partial charge in [-0.1, -0.05) is 54.1 Å². The highest BCUT2D eigenvalue weighted by Crippen LogP contribution is 2.27. The van der Waals surface area contributed by atoms with Crippen molar-refractivity contribution in [1.82, 2.24) is 10.6 Å². The SMILES string of the molecule is O=C(NCCc1ccccc1Cl)C1=C(c2ccc(CCCOc3cc(F)ccc3Br)cc2)CCNC1. The molecule has 1 aliphatic heterocycles. The van der Waals surface area contributed by atoms with Crippen LogP contribution in [0.4, 0.5) is 4.39 Å². The average molecular weight is 572 g/mol. The predicted octanol–water partition coefficient (Wildman–Crippen LogP) is 6.36. The summed E-state index contributed by atoms with van der Waals surface area (Å²) in [5.74, 6) is 0.166. The lowest BCUT2D eigenvalue weighted by Crippen LogP contribution is -2.35. The lowest BCUT2D eigenvalue weighted by Gasteiger charge is -2.21. The first-order chi connectivity index (χ1) is 17.5. The minimum atomic E-state index is -0.315. The van der Waals surface area contributed by atoms with E-state index >= 15 is 0 Å². The molecule has 0 fully saturated rings. The maximum Gasteiger partial charge on any atom is 0.248 e. The molecule has 0 saturated carbocycles. The normalized spacial score (nSPS) is 13.5. The lowest BCUT2D eigenvalue weighted by atomic mass is 9.92. The summed E-state index contributed by atoms with van der Waals surface area (Å²) in [6, 6.07) is 20.5. The van der Waals surface area contributed by atoms with Crippen molar-refractivity contribution in [1.29, 1.82) is 0 Å². The monoisotopic (exact) mass is 570 g/mol. The molecule has 7 heteroatoms. The van der Waals surface area contributed by atoms with Gasteiger partial charge >= 0.3 is 0 Å². The zero-order valence-corrected chi connectivity index (χ0v) is 22.3. The van der Waals surface area contributed by atoms with Crippen LogP contribution in [0.5, 0.6) is 5.75 Å². The van der Waals surface area contributed by atoms with Crippen LogP contribution in [0.2, 0.25) is 5.02 Å². The number of benzene rings is 3. The lowest BCUT2D eigenvalue weighted by molar-refractivity contribution is -0.117. The molecule has 0 spiro atoms. The standard InChI is InChI=1S/C29H29BrClFN2O2/c30-26-12-11-23(32)18-28(26)36-17-3-4-20-7-9-21(10-8-20)24-14-15-33-19-25(24)29(35)34-16-13-22-5-1-2-6-27(22)31/h1-2,5-12,18,33H,3-4,13-17,19H2,(H,34,35). The highest BCUT2D eigenvalue weighted by molar-refractivity contribution is 9.10. The van der Waals surface area contributed by atoms with Gasteiger partial charge in [-0.05, 0) is 88.6 Å². The maximum atomic E-state index is 13.4. The molecule has 1 aliphatic rings. The fourth-order valence-corrected chi connectivity index (χ4v) is 4.85. The van der Waals surface area contributed by atoms with E-state index < -0.39 is 0 Å². The number of hydrogen-bond acceptors (Lipinski definition) is 3. The second kappa shape index (κ2) is 13.0. The van der Waals surface area contributed by atoms with Crippen molar-refractivity contribution >= 4 is 39.0 Å². The molecular weight excluding hydrogens is 543 g/mol. The molecule has 0 bridgehead atoms. The summed E-state index contributed by atoms with van der Waals surface area (Å²) >= 11 is 9.61. The molecule has 4 rings (SSSR count). The van der Waals surface area contributed by atoms with Crippen LogP contribution in [-0.2, 0) is 17.6 Å². The number of nitrogens with one attached hydrogen (secondary N) is 2. The summed E-state index contributed by atoms with van der Waals surface area (Å²) in [5.41, 5.74) is 5.19. The molecule has 4 nitrogen and oxygen atoms in total. The van der Waals surface area contributed by atoms with Gasteiger partial charge in [-0.15, -0.1) is 0 Å². The predicted molar refractivity (Wildman–Crippen MR) is 147 cm³/mol. The van der Waals surface area contributed by atoms with Crippen LogP contribution in [-0.4, -0.2) is 32.1 Å². The van der Waals surface area contributed by atoms with Crippen molar-refractivity contribution in [3.05, 3.63) is 104 Å². The number of hydrogen-bond donors (Lipinski definition) is 2. The van der Waals surface area contributed by atoms with Gasteiger partial charge in [0.2, 0.25) is 5.91 Å². The molecule has 188 valence electrons. The van der Waals surface area contributed by atoms with E-state index in [0.29, 0.717) is 31.9 Å². The minimum absolute atomic E-state index is 0.0333. The van der Waals surface area contributed by atoms with Crippen LogP contribution in [0.3, 0.4) is 0 Å². The van der Waals surface area contributed by atoms with E-state index in [0.717, 1.165) is 57.6 Å². The fraction of sp³-hybridized carbons (Fsp3) is 0.276. The molecule has 0 atom stereocenters. The smallest absolute Gasteiger partial charge is 0.248 e. The van der Waals surface area contributed by atoms with Gasteiger partial charge in [0.25, 0.3) is 0 Å². The largest absolute Gasteiger partial charge is 0.492 e. The highest BCUT2D eigenvalue weighted by atomic mass is 79.9. The fourth-order valence-electron chi connectivity index (χ4n) is 4.26. The molecule has 1 amide bonds. The average Bonchev–Trinajstić information content (AvgIpc) is 2.90. The van der Waals surface area contributed by atoms with E-state index in [9.17, 15) is 9.18 Å². The molecule has 3 aromatic carbocycles. The topological polar surface area (TPSA) is 50.4 Å². The van der Waals surface area contributed by atoms with E-state index in [-0.39, 0.29) is 11.7 Å². The van der Waals surface area contributed by atoms with Crippen molar-refractivity contribution in [2.75, 3.05) is 26.2 Å². The van der Waals surface area contributed by atoms with Crippen LogP contribution >= 0.6 is 27.5 Å². The number of ether oxygens (including phenoxy) is 1. The Bertz CT molecular complexity index is 1230. The van der Waals surface area contributed by atoms with Gasteiger partial charge in [0, 0.05) is 29.8 Å². The molecule has 0 aliphatic carbocycles. The van der Waals surface area contributed by atoms with Crippen LogP contribution < -0.4 is 15.4 Å². The molecule has 1 heterocycles. The Kier molecular flexibility index (Phi) is 9.56. The molecule has 0 saturated heterocycles. The Labute approximate surface area is 225 Å². The highest BCUT2D eigenvalue weighted by Gasteiger charge is 2.20. The molecule has 0 radical (unpaired) electrons. The van der Waals surface area contributed by atoms with Gasteiger partial charge in [0.05, 0.1) is 11.1 Å². The van der Waals surface area contributed by atoms with E-state index in [2.05, 4.69) is 50.8 Å². The Morgan fingerprint density at radius 2 is 1.89 bits per heavy atom. The quantitative estimate of drug-likeness (QED) is 0.279. The first-order valence-corrected chi connectivity index (χ1v) is 13.3. The molecule has 3 aromatic rings. The Hall–Kier alpha value is -2.67. The van der Waals surface area contributed by atoms with Crippen molar-refractivity contribution in [3.63, 3.8) is 0 Å². The first-order valence-electron chi connectivity index (χ1n) is 12.1. The molecule has 0 aromatic heterocycles. The van der Waals surface area contributed by atoms with E-state index in [1.54, 1.807) is 6.07 Å². The Morgan fingerprint density at radius 1 is 1.08 bits per heavy atom. The van der Waals surface area contributed by atoms with Gasteiger partial charge in [-0.3, -0.25) is 4.79 Å². The summed E-state index contributed by atoms with van der Waals surface area (Å²) in [7, 11) is 0. The molecule has 0 unspecified atom stereocenters. The van der Waals surface area contributed by atoms with Gasteiger partial charge in [0.1, 0.15) is 11.6 Å². The summed E-state index contributed by atoms with van der Waals surface area (Å²) in [4.78, 5) is 13.0. The summed E-state index contributed by atoms with van der Waals surface area (Å²) in [5, 5.41) is 7.10. The van der Waals surface area contributed by atoms with Crippen LogP contribution in [0.15, 0.2) is 76.8 Å². The Morgan fingerprint density at radius 3 is 2.69 bits per heavy atom. The zero-order valence-electron chi connectivity index (χ0n) is 20.0. The number of halogens is 3. The van der Waals surface area contributed by atoms with Gasteiger partial charge in [0.15, 0.2) is 0 Å². The zero-order chi connectivity index (χ0) is 25.3. The number of carbonyl (C=O) groups excluding carboxylic acids is 1. The van der Waals surface area contributed by atoms with Gasteiger partial charge in [-0.25, -0.2) is 4.39 Å². The van der Waals surface area contributed by atoms with E-state index in [1.165, 1.54) is 17.7 Å². The third-order valence-electron chi connectivity index (χ3n) is 6.19. The second-order valence-electron chi connectivity index (χ2n) is 8.70. The maximum absolute atomic E-state index is 13.4. The van der Waals surface area contributed by atoms with Gasteiger partial charge < -0.3 is 15.4 Å². The molecule has 36 heavy (non-hydrogen) atoms. The Balaban J connectivity index is 1.32. The van der Waals surface area contributed by atoms with Crippen LogP contribution in [0.25, 0.3) is 5.57 Å². The third-order valence-corrected chi connectivity index (χ3v) is 7.22. The molecular formula is C29H29BrClFN2O2. The molecule has 2 N–H and O–H groups in total. The van der Waals surface area contributed by atoms with Crippen LogP contribution in [0, 0.1) is 5.82 Å². The number of aryl methyl sites for hydroxylation is 1. The van der Waals surface area contributed by atoms with Crippen molar-refractivity contribution in [2.45, 2.75) is 25.7 Å². The van der Waals surface area contributed by atoms with Crippen molar-refractivity contribution in [2.24, 2.45) is 0 Å².